The van der Waals surface area contributed by atoms with Gasteiger partial charge >= 0.3 is 0 Å². The molecule has 2 aromatic carbocycles. The van der Waals surface area contributed by atoms with Crippen LogP contribution in [0.1, 0.15) is 0 Å². The second-order valence-corrected chi connectivity index (χ2v) is 11.4. The maximum absolute atomic E-state index is 4.87. The Labute approximate surface area is 289 Å². The zero-order valence-electron chi connectivity index (χ0n) is 26.7. The standard InChI is InChI=1S/C42H28N8/c1-5-21-43-35(9-1)39-25-31(26-40(47-39)36-10-2-6-22-44-36)29-13-17-33(18-14-29)49-50-34-19-15-30(16-20-34)32-27-41(37-11-3-7-23-45-37)48-42(28-32)38-12-4-8-24-46-38/h1-28H. The second-order valence-electron chi connectivity index (χ2n) is 11.4. The first kappa shape index (κ1) is 30.3. The van der Waals surface area contributed by atoms with Gasteiger partial charge in [0.1, 0.15) is 0 Å². The van der Waals surface area contributed by atoms with E-state index >= 15 is 0 Å². The van der Waals surface area contributed by atoms with Gasteiger partial charge in [-0.15, -0.1) is 0 Å². The summed E-state index contributed by atoms with van der Waals surface area (Å²) >= 11 is 0. The third kappa shape index (κ3) is 6.81. The van der Waals surface area contributed by atoms with E-state index in [4.69, 9.17) is 9.97 Å². The summed E-state index contributed by atoms with van der Waals surface area (Å²) in [6.45, 7) is 0. The highest BCUT2D eigenvalue weighted by Gasteiger charge is 2.12. The number of hydrogen-bond donors (Lipinski definition) is 0. The van der Waals surface area contributed by atoms with E-state index in [2.05, 4.69) is 30.2 Å². The van der Waals surface area contributed by atoms with Crippen LogP contribution in [0.2, 0.25) is 0 Å². The van der Waals surface area contributed by atoms with Gasteiger partial charge in [0.05, 0.1) is 56.9 Å². The van der Waals surface area contributed by atoms with Crippen LogP contribution in [-0.2, 0) is 0 Å². The van der Waals surface area contributed by atoms with E-state index in [1.165, 1.54) is 0 Å². The van der Waals surface area contributed by atoms with Crippen molar-refractivity contribution >= 4 is 11.4 Å². The summed E-state index contributed by atoms with van der Waals surface area (Å²) in [5, 5.41) is 9.04. The summed E-state index contributed by atoms with van der Waals surface area (Å²) in [7, 11) is 0. The largest absolute Gasteiger partial charge is 0.255 e. The molecule has 8 nitrogen and oxygen atoms in total. The van der Waals surface area contributed by atoms with Crippen LogP contribution in [0.5, 0.6) is 0 Å². The molecule has 0 fully saturated rings. The summed E-state index contributed by atoms with van der Waals surface area (Å²) < 4.78 is 0. The molecule has 0 aliphatic heterocycles. The van der Waals surface area contributed by atoms with Gasteiger partial charge in [0.2, 0.25) is 0 Å². The first-order valence-corrected chi connectivity index (χ1v) is 16.1. The van der Waals surface area contributed by atoms with Crippen LogP contribution in [-0.4, -0.2) is 29.9 Å². The number of pyridine rings is 6. The van der Waals surface area contributed by atoms with E-state index in [1.807, 2.05) is 146 Å². The van der Waals surface area contributed by atoms with Crippen molar-refractivity contribution in [3.8, 4) is 67.8 Å². The van der Waals surface area contributed by atoms with Crippen LogP contribution in [0.25, 0.3) is 67.8 Å². The molecule has 0 atom stereocenters. The van der Waals surface area contributed by atoms with Gasteiger partial charge in [-0.2, -0.15) is 10.2 Å². The van der Waals surface area contributed by atoms with Gasteiger partial charge in [-0.25, -0.2) is 9.97 Å². The van der Waals surface area contributed by atoms with Gasteiger partial charge in [-0.1, -0.05) is 48.5 Å². The Morgan fingerprint density at radius 1 is 0.280 bits per heavy atom. The maximum Gasteiger partial charge on any atom is 0.0900 e. The lowest BCUT2D eigenvalue weighted by molar-refractivity contribution is 1.22. The van der Waals surface area contributed by atoms with E-state index < -0.39 is 0 Å². The van der Waals surface area contributed by atoms with Crippen molar-refractivity contribution in [2.75, 3.05) is 0 Å². The molecule has 0 aliphatic rings. The Morgan fingerprint density at radius 3 is 0.840 bits per heavy atom. The Bertz CT molecular complexity index is 2100. The number of rotatable bonds is 8. The summed E-state index contributed by atoms with van der Waals surface area (Å²) in [5.41, 5.74) is 11.9. The molecule has 8 aromatic rings. The number of nitrogens with zero attached hydrogens (tertiary/aromatic N) is 8. The molecule has 6 heterocycles. The van der Waals surface area contributed by atoms with Crippen LogP contribution in [0, 0.1) is 0 Å². The maximum atomic E-state index is 4.87. The first-order chi connectivity index (χ1) is 24.7. The molecule has 0 N–H and O–H groups in total. The fourth-order valence-electron chi connectivity index (χ4n) is 5.53. The normalized spacial score (nSPS) is 11.1. The van der Waals surface area contributed by atoms with Gasteiger partial charge in [0.15, 0.2) is 0 Å². The molecule has 0 bridgehead atoms. The average Bonchev–Trinajstić information content (AvgIpc) is 3.21. The first-order valence-electron chi connectivity index (χ1n) is 16.1. The molecule has 236 valence electrons. The van der Waals surface area contributed by atoms with Crippen molar-refractivity contribution in [3.63, 3.8) is 0 Å². The molecule has 8 rings (SSSR count). The van der Waals surface area contributed by atoms with Gasteiger partial charge < -0.3 is 0 Å². The van der Waals surface area contributed by atoms with E-state index in [0.717, 1.165) is 79.2 Å². The van der Waals surface area contributed by atoms with Gasteiger partial charge in [0, 0.05) is 24.8 Å². The van der Waals surface area contributed by atoms with E-state index in [-0.39, 0.29) is 0 Å². The quantitative estimate of drug-likeness (QED) is 0.153. The molecule has 0 radical (unpaired) electrons. The molecule has 0 aliphatic carbocycles. The molecule has 8 heteroatoms. The fraction of sp³-hybridized carbons (Fsp3) is 0. The minimum Gasteiger partial charge on any atom is -0.255 e. The number of azo groups is 1. The Balaban J connectivity index is 1.04. The summed E-state index contributed by atoms with van der Waals surface area (Å²) in [6.07, 6.45) is 7.09. The molecule has 0 spiro atoms. The average molecular weight is 645 g/mol. The predicted molar refractivity (Wildman–Crippen MR) is 196 cm³/mol. The van der Waals surface area contributed by atoms with E-state index in [9.17, 15) is 0 Å². The van der Waals surface area contributed by atoms with Crippen LogP contribution in [0.3, 0.4) is 0 Å². The van der Waals surface area contributed by atoms with Crippen molar-refractivity contribution < 1.29 is 0 Å². The van der Waals surface area contributed by atoms with Crippen LogP contribution in [0.15, 0.2) is 181 Å². The zero-order chi connectivity index (χ0) is 33.5. The number of benzene rings is 2. The summed E-state index contributed by atoms with van der Waals surface area (Å²) in [4.78, 5) is 27.8. The van der Waals surface area contributed by atoms with Crippen LogP contribution >= 0.6 is 0 Å². The summed E-state index contributed by atoms with van der Waals surface area (Å²) in [5.74, 6) is 0. The lowest BCUT2D eigenvalue weighted by atomic mass is 10.0. The molecule has 0 unspecified atom stereocenters. The van der Waals surface area contributed by atoms with Crippen molar-refractivity contribution in [1.82, 2.24) is 29.9 Å². The minimum atomic E-state index is 0.746. The highest BCUT2D eigenvalue weighted by molar-refractivity contribution is 5.76. The molecule has 0 amide bonds. The smallest absolute Gasteiger partial charge is 0.0900 e. The lowest BCUT2D eigenvalue weighted by Crippen LogP contribution is -1.93. The van der Waals surface area contributed by atoms with Crippen molar-refractivity contribution in [1.29, 1.82) is 0 Å². The van der Waals surface area contributed by atoms with Gasteiger partial charge in [-0.3, -0.25) is 19.9 Å². The molecule has 0 saturated heterocycles. The molecular weight excluding hydrogens is 617 g/mol. The topological polar surface area (TPSA) is 102 Å². The monoisotopic (exact) mass is 644 g/mol. The van der Waals surface area contributed by atoms with Crippen molar-refractivity contribution in [2.24, 2.45) is 10.2 Å². The Morgan fingerprint density at radius 2 is 0.580 bits per heavy atom. The van der Waals surface area contributed by atoms with Crippen molar-refractivity contribution in [2.45, 2.75) is 0 Å². The third-order valence-corrected chi connectivity index (χ3v) is 8.04. The van der Waals surface area contributed by atoms with Crippen LogP contribution < -0.4 is 0 Å². The van der Waals surface area contributed by atoms with Crippen molar-refractivity contribution in [3.05, 3.63) is 170 Å². The zero-order valence-corrected chi connectivity index (χ0v) is 26.7. The van der Waals surface area contributed by atoms with Gasteiger partial charge in [0.25, 0.3) is 0 Å². The third-order valence-electron chi connectivity index (χ3n) is 8.04. The SMILES string of the molecule is c1ccc(-c2cc(-c3ccc(N=Nc4ccc(-c5cc(-c6ccccn6)nc(-c6ccccn6)c5)cc4)cc3)cc(-c3ccccn3)n2)nc1. The predicted octanol–water partition coefficient (Wildman–Crippen LogP) is 10.5. The minimum absolute atomic E-state index is 0.746. The fourth-order valence-corrected chi connectivity index (χ4v) is 5.53. The highest BCUT2D eigenvalue weighted by Crippen LogP contribution is 2.32. The van der Waals surface area contributed by atoms with E-state index in [1.54, 1.807) is 24.8 Å². The molecule has 0 saturated carbocycles. The molecule has 50 heavy (non-hydrogen) atoms. The Kier molecular flexibility index (Phi) is 8.46. The lowest BCUT2D eigenvalue weighted by Gasteiger charge is -2.09. The molecular formula is C42H28N8. The number of aromatic nitrogens is 6. The summed E-state index contributed by atoms with van der Waals surface area (Å²) in [6, 6.07) is 47.5. The molecule has 6 aromatic heterocycles. The second kappa shape index (κ2) is 14.0. The highest BCUT2D eigenvalue weighted by atomic mass is 15.1. The van der Waals surface area contributed by atoms with E-state index in [0.29, 0.717) is 0 Å². The Hall–Kier alpha value is -7.06. The number of hydrogen-bond acceptors (Lipinski definition) is 8. The van der Waals surface area contributed by atoms with Gasteiger partial charge in [-0.05, 0) is 119 Å². The van der Waals surface area contributed by atoms with Crippen LogP contribution in [0.4, 0.5) is 11.4 Å².